The van der Waals surface area contributed by atoms with Gasteiger partial charge in [-0.3, -0.25) is 0 Å². The first-order valence-corrected chi connectivity index (χ1v) is 8.14. The number of benzene rings is 1. The number of hydrogen-bond donors (Lipinski definition) is 0. The minimum absolute atomic E-state index is 0.823. The number of thiazole rings is 1. The molecule has 0 N–H and O–H groups in total. The van der Waals surface area contributed by atoms with Crippen LogP contribution in [0.3, 0.4) is 0 Å². The van der Waals surface area contributed by atoms with Crippen molar-refractivity contribution in [1.82, 2.24) is 15.0 Å². The minimum atomic E-state index is 0.823. The van der Waals surface area contributed by atoms with Crippen LogP contribution in [0.4, 0.5) is 10.9 Å². The molecule has 112 valence electrons. The zero-order valence-corrected chi connectivity index (χ0v) is 13.5. The largest absolute Gasteiger partial charge is 0.362 e. The van der Waals surface area contributed by atoms with Crippen molar-refractivity contribution in [2.24, 2.45) is 0 Å². The van der Waals surface area contributed by atoms with E-state index in [-0.39, 0.29) is 0 Å². The van der Waals surface area contributed by atoms with E-state index in [9.17, 15) is 0 Å². The zero-order chi connectivity index (χ0) is 15.1. The molecule has 0 fully saturated rings. The lowest BCUT2D eigenvalue weighted by Crippen LogP contribution is -2.32. The highest BCUT2D eigenvalue weighted by molar-refractivity contribution is 7.22. The molecular formula is C16H17N5S. The fraction of sp³-hybridized carbons (Fsp3) is 0.312. The Kier molecular flexibility index (Phi) is 3.18. The average Bonchev–Trinajstić information content (AvgIpc) is 2.97. The lowest BCUT2D eigenvalue weighted by Gasteiger charge is -2.30. The number of anilines is 2. The molecule has 4 rings (SSSR count). The SMILES string of the molecule is CN(C)c1ncnc2c1CN(c1nc3ccccc3s1)CC2. The van der Waals surface area contributed by atoms with Gasteiger partial charge in [0.25, 0.3) is 0 Å². The molecular weight excluding hydrogens is 294 g/mol. The van der Waals surface area contributed by atoms with Crippen LogP contribution in [0.2, 0.25) is 0 Å². The number of para-hydroxylation sites is 1. The van der Waals surface area contributed by atoms with Crippen molar-refractivity contribution in [3.8, 4) is 0 Å². The monoisotopic (exact) mass is 311 g/mol. The van der Waals surface area contributed by atoms with Gasteiger partial charge in [0.05, 0.1) is 22.5 Å². The third-order valence-electron chi connectivity index (χ3n) is 3.96. The molecule has 1 aliphatic heterocycles. The molecule has 3 heterocycles. The number of hydrogen-bond acceptors (Lipinski definition) is 6. The zero-order valence-electron chi connectivity index (χ0n) is 12.7. The van der Waals surface area contributed by atoms with Gasteiger partial charge in [0.2, 0.25) is 0 Å². The van der Waals surface area contributed by atoms with Crippen LogP contribution in [-0.2, 0) is 13.0 Å². The Balaban J connectivity index is 1.72. The smallest absolute Gasteiger partial charge is 0.186 e. The van der Waals surface area contributed by atoms with Crippen molar-refractivity contribution in [1.29, 1.82) is 0 Å². The quantitative estimate of drug-likeness (QED) is 0.728. The molecule has 5 nitrogen and oxygen atoms in total. The fourth-order valence-corrected chi connectivity index (χ4v) is 3.86. The molecule has 0 amide bonds. The second kappa shape index (κ2) is 5.21. The molecule has 22 heavy (non-hydrogen) atoms. The Bertz CT molecular complexity index is 793. The molecule has 0 unspecified atom stereocenters. The molecule has 0 bridgehead atoms. The van der Waals surface area contributed by atoms with E-state index in [2.05, 4.69) is 38.0 Å². The third-order valence-corrected chi connectivity index (χ3v) is 5.05. The lowest BCUT2D eigenvalue weighted by atomic mass is 10.1. The van der Waals surface area contributed by atoms with Crippen LogP contribution in [0.1, 0.15) is 11.3 Å². The maximum Gasteiger partial charge on any atom is 0.186 e. The molecule has 0 saturated carbocycles. The summed E-state index contributed by atoms with van der Waals surface area (Å²) in [6.07, 6.45) is 2.61. The van der Waals surface area contributed by atoms with Crippen LogP contribution in [0.5, 0.6) is 0 Å². The average molecular weight is 311 g/mol. The van der Waals surface area contributed by atoms with Gasteiger partial charge in [-0.05, 0) is 12.1 Å². The molecule has 6 heteroatoms. The van der Waals surface area contributed by atoms with E-state index in [0.717, 1.165) is 41.7 Å². The molecule has 0 radical (unpaired) electrons. The van der Waals surface area contributed by atoms with Gasteiger partial charge >= 0.3 is 0 Å². The maximum atomic E-state index is 4.77. The highest BCUT2D eigenvalue weighted by Gasteiger charge is 2.23. The molecule has 0 saturated heterocycles. The molecule has 0 spiro atoms. The molecule has 3 aromatic rings. The highest BCUT2D eigenvalue weighted by atomic mass is 32.1. The predicted molar refractivity (Wildman–Crippen MR) is 90.7 cm³/mol. The van der Waals surface area contributed by atoms with Crippen LogP contribution < -0.4 is 9.80 Å². The van der Waals surface area contributed by atoms with Crippen molar-refractivity contribution in [3.05, 3.63) is 41.9 Å². The van der Waals surface area contributed by atoms with E-state index < -0.39 is 0 Å². The first-order valence-electron chi connectivity index (χ1n) is 7.33. The van der Waals surface area contributed by atoms with E-state index in [4.69, 9.17) is 4.98 Å². The van der Waals surface area contributed by atoms with Crippen LogP contribution in [-0.4, -0.2) is 35.6 Å². The van der Waals surface area contributed by atoms with Crippen molar-refractivity contribution >= 4 is 32.5 Å². The fourth-order valence-electron chi connectivity index (χ4n) is 2.87. The Labute approximate surface area is 133 Å². The molecule has 1 aromatic carbocycles. The van der Waals surface area contributed by atoms with Crippen LogP contribution in [0.25, 0.3) is 10.2 Å². The van der Waals surface area contributed by atoms with E-state index in [0.29, 0.717) is 0 Å². The Morgan fingerprint density at radius 3 is 2.86 bits per heavy atom. The van der Waals surface area contributed by atoms with Gasteiger partial charge in [-0.15, -0.1) is 0 Å². The second-order valence-electron chi connectivity index (χ2n) is 5.65. The summed E-state index contributed by atoms with van der Waals surface area (Å²) in [7, 11) is 4.05. The van der Waals surface area contributed by atoms with Crippen molar-refractivity contribution in [2.45, 2.75) is 13.0 Å². The van der Waals surface area contributed by atoms with Crippen LogP contribution >= 0.6 is 11.3 Å². The van der Waals surface area contributed by atoms with Gasteiger partial charge in [0, 0.05) is 32.6 Å². The van der Waals surface area contributed by atoms with Crippen molar-refractivity contribution in [3.63, 3.8) is 0 Å². The van der Waals surface area contributed by atoms with Gasteiger partial charge < -0.3 is 9.80 Å². The Hall–Kier alpha value is -2.21. The van der Waals surface area contributed by atoms with E-state index in [1.165, 1.54) is 10.3 Å². The lowest BCUT2D eigenvalue weighted by molar-refractivity contribution is 0.701. The standard InChI is InChI=1S/C16H17N5S/c1-20(2)15-11-9-21(8-7-12(11)17-10-18-15)16-19-13-5-3-4-6-14(13)22-16/h3-6,10H,7-9H2,1-2H3. The molecule has 0 aliphatic carbocycles. The van der Waals surface area contributed by atoms with E-state index >= 15 is 0 Å². The maximum absolute atomic E-state index is 4.77. The minimum Gasteiger partial charge on any atom is -0.362 e. The van der Waals surface area contributed by atoms with Crippen molar-refractivity contribution < 1.29 is 0 Å². The second-order valence-corrected chi connectivity index (χ2v) is 6.66. The van der Waals surface area contributed by atoms with Crippen LogP contribution in [0.15, 0.2) is 30.6 Å². The molecule has 0 atom stereocenters. The first kappa shape index (κ1) is 13.5. The molecule has 2 aromatic heterocycles. The highest BCUT2D eigenvalue weighted by Crippen LogP contribution is 2.33. The molecule has 1 aliphatic rings. The summed E-state index contributed by atoms with van der Waals surface area (Å²) in [6, 6.07) is 8.30. The summed E-state index contributed by atoms with van der Waals surface area (Å²) in [5, 5.41) is 1.08. The summed E-state index contributed by atoms with van der Waals surface area (Å²) in [4.78, 5) is 18.1. The van der Waals surface area contributed by atoms with Gasteiger partial charge in [-0.2, -0.15) is 0 Å². The number of aromatic nitrogens is 3. The first-order chi connectivity index (χ1) is 10.7. The van der Waals surface area contributed by atoms with Crippen LogP contribution in [0, 0.1) is 0 Å². The predicted octanol–water partition coefficient (Wildman–Crippen LogP) is 2.72. The van der Waals surface area contributed by atoms with Gasteiger partial charge in [-0.1, -0.05) is 23.5 Å². The Morgan fingerprint density at radius 1 is 1.18 bits per heavy atom. The number of nitrogens with zero attached hydrogens (tertiary/aromatic N) is 5. The van der Waals surface area contributed by atoms with Crippen molar-refractivity contribution in [2.75, 3.05) is 30.4 Å². The summed E-state index contributed by atoms with van der Waals surface area (Å²) >= 11 is 1.75. The van der Waals surface area contributed by atoms with Gasteiger partial charge in [-0.25, -0.2) is 15.0 Å². The normalized spacial score (nSPS) is 14.2. The summed E-state index contributed by atoms with van der Waals surface area (Å²) in [5.41, 5.74) is 3.46. The van der Waals surface area contributed by atoms with E-state index in [1.807, 2.05) is 20.2 Å². The van der Waals surface area contributed by atoms with Gasteiger partial charge in [0.1, 0.15) is 12.1 Å². The summed E-state index contributed by atoms with van der Waals surface area (Å²) < 4.78 is 1.24. The van der Waals surface area contributed by atoms with Gasteiger partial charge in [0.15, 0.2) is 5.13 Å². The summed E-state index contributed by atoms with van der Waals surface area (Å²) in [6.45, 7) is 1.78. The number of rotatable bonds is 2. The summed E-state index contributed by atoms with van der Waals surface area (Å²) in [5.74, 6) is 1.01. The third kappa shape index (κ3) is 2.20. The number of fused-ring (bicyclic) bond motifs is 2. The van der Waals surface area contributed by atoms with E-state index in [1.54, 1.807) is 17.7 Å². The topological polar surface area (TPSA) is 45.2 Å². The Morgan fingerprint density at radius 2 is 2.05 bits per heavy atom.